The number of ether oxygens (including phenoxy) is 1. The predicted molar refractivity (Wildman–Crippen MR) is 250 cm³/mol. The van der Waals surface area contributed by atoms with Crippen LogP contribution >= 0.6 is 0 Å². The molecule has 13 nitrogen and oxygen atoms in total. The fourth-order valence-electron chi connectivity index (χ4n) is 8.50. The molecule has 368 valence electrons. The van der Waals surface area contributed by atoms with Crippen molar-refractivity contribution in [1.82, 2.24) is 0 Å². The van der Waals surface area contributed by atoms with Gasteiger partial charge in [-0.2, -0.15) is 0 Å². The van der Waals surface area contributed by atoms with Crippen LogP contribution in [0.1, 0.15) is 264 Å². The number of hydrogen-bond donors (Lipinski definition) is 6. The SMILES string of the molecule is CCCCCCCCCCC(CCCCCCCC)C(CCCCCCCC)(CCCCCCCC)OC(=O)CC(O)(CC(=O)O)C(=O)O.O=C(O)c1ccc(C(=O)O)c(C(=O)O)c1. The van der Waals surface area contributed by atoms with Gasteiger partial charge >= 0.3 is 35.8 Å². The second-order valence-corrected chi connectivity index (χ2v) is 17.9. The molecule has 0 heterocycles. The van der Waals surface area contributed by atoms with E-state index in [0.717, 1.165) is 108 Å². The summed E-state index contributed by atoms with van der Waals surface area (Å²) in [6.45, 7) is 8.90. The van der Waals surface area contributed by atoms with E-state index in [1.807, 2.05) is 0 Å². The van der Waals surface area contributed by atoms with E-state index in [2.05, 4.69) is 27.7 Å². The largest absolute Gasteiger partial charge is 0.481 e. The molecule has 0 radical (unpaired) electrons. The van der Waals surface area contributed by atoms with Crippen LogP contribution in [0.4, 0.5) is 0 Å². The highest BCUT2D eigenvalue weighted by molar-refractivity contribution is 6.03. The Bertz CT molecular complexity index is 1460. The number of carboxylic acids is 5. The van der Waals surface area contributed by atoms with E-state index in [-0.39, 0.29) is 11.5 Å². The molecule has 0 spiro atoms. The first-order valence-electron chi connectivity index (χ1n) is 24.8. The predicted octanol–water partition coefficient (Wildman–Crippen LogP) is 13.1. The summed E-state index contributed by atoms with van der Waals surface area (Å²) < 4.78 is 6.55. The molecule has 2 atom stereocenters. The average Bonchev–Trinajstić information content (AvgIpc) is 3.24. The first-order valence-corrected chi connectivity index (χ1v) is 24.8. The van der Waals surface area contributed by atoms with Gasteiger partial charge in [0.25, 0.3) is 0 Å². The molecule has 0 aliphatic carbocycles. The molecule has 0 saturated heterocycles. The molecule has 0 aliphatic heterocycles. The molecule has 1 aromatic rings. The lowest BCUT2D eigenvalue weighted by Gasteiger charge is -2.42. The maximum atomic E-state index is 13.7. The van der Waals surface area contributed by atoms with Gasteiger partial charge in [-0.1, -0.05) is 182 Å². The van der Waals surface area contributed by atoms with Crippen LogP contribution in [0.3, 0.4) is 0 Å². The Morgan fingerprint density at radius 2 is 0.859 bits per heavy atom. The van der Waals surface area contributed by atoms with Crippen molar-refractivity contribution in [2.75, 3.05) is 0 Å². The Hall–Kier alpha value is -4.00. The van der Waals surface area contributed by atoms with Crippen molar-refractivity contribution in [3.8, 4) is 0 Å². The average molecular weight is 907 g/mol. The first kappa shape index (κ1) is 60.0. The molecule has 64 heavy (non-hydrogen) atoms. The molecule has 0 bridgehead atoms. The third kappa shape index (κ3) is 26.7. The van der Waals surface area contributed by atoms with Gasteiger partial charge in [-0.25, -0.2) is 19.2 Å². The minimum Gasteiger partial charge on any atom is -0.481 e. The fraction of sp³-hybridized carbons (Fsp3) is 0.765. The number of aliphatic carboxylic acids is 2. The molecular weight excluding hydrogens is 821 g/mol. The molecule has 0 aliphatic rings. The summed E-state index contributed by atoms with van der Waals surface area (Å²) in [5, 5.41) is 55.8. The van der Waals surface area contributed by atoms with Crippen LogP contribution < -0.4 is 0 Å². The Labute approximate surface area is 384 Å². The van der Waals surface area contributed by atoms with Crippen molar-refractivity contribution in [2.24, 2.45) is 5.92 Å². The van der Waals surface area contributed by atoms with E-state index >= 15 is 0 Å². The standard InChI is InChI=1S/C42H80O7.C9H6O6/c1-5-9-13-17-21-22-24-28-32-37(31-27-23-18-14-10-6-2)42(33-29-25-19-15-11-7-3,34-30-26-20-16-12-8-4)49-39(45)36-41(48,40(46)47)35-38(43)44;10-7(11)4-1-2-5(8(12)13)6(3-4)9(14)15/h37,48H,5-36H2,1-4H3,(H,43,44)(H,46,47);1-3H,(H,10,11)(H,12,13)(H,14,15). The van der Waals surface area contributed by atoms with Crippen molar-refractivity contribution in [2.45, 2.75) is 244 Å². The number of carboxylic acid groups (broad SMARTS) is 5. The van der Waals surface area contributed by atoms with Gasteiger partial charge < -0.3 is 35.4 Å². The van der Waals surface area contributed by atoms with Crippen molar-refractivity contribution < 1.29 is 64.1 Å². The lowest BCUT2D eigenvalue weighted by atomic mass is 9.73. The minimum atomic E-state index is -2.69. The molecule has 0 fully saturated rings. The maximum absolute atomic E-state index is 13.7. The number of aromatic carboxylic acids is 3. The smallest absolute Gasteiger partial charge is 0.336 e. The molecule has 0 aromatic heterocycles. The summed E-state index contributed by atoms with van der Waals surface area (Å²) in [5.74, 6) is -7.99. The van der Waals surface area contributed by atoms with E-state index in [1.54, 1.807) is 0 Å². The van der Waals surface area contributed by atoms with Crippen LogP contribution in [0, 0.1) is 5.92 Å². The van der Waals surface area contributed by atoms with Crippen LogP contribution in [0.15, 0.2) is 18.2 Å². The molecule has 1 aromatic carbocycles. The molecule has 0 amide bonds. The van der Waals surface area contributed by atoms with Crippen LogP contribution in [0.25, 0.3) is 0 Å². The third-order valence-electron chi connectivity index (χ3n) is 12.3. The molecule has 1 rings (SSSR count). The second kappa shape index (κ2) is 36.2. The lowest BCUT2D eigenvalue weighted by Crippen LogP contribution is -2.47. The number of unbranched alkanes of at least 4 members (excludes halogenated alkanes) is 22. The van der Waals surface area contributed by atoms with Crippen LogP contribution in [0.5, 0.6) is 0 Å². The Balaban J connectivity index is 0.00000221. The van der Waals surface area contributed by atoms with E-state index in [9.17, 15) is 44.1 Å². The van der Waals surface area contributed by atoms with Gasteiger partial charge in [0, 0.05) is 0 Å². The van der Waals surface area contributed by atoms with E-state index in [1.165, 1.54) is 103 Å². The van der Waals surface area contributed by atoms with Crippen LogP contribution in [-0.4, -0.2) is 77.7 Å². The Morgan fingerprint density at radius 1 is 0.484 bits per heavy atom. The number of aliphatic hydroxyl groups is 1. The van der Waals surface area contributed by atoms with Crippen molar-refractivity contribution in [1.29, 1.82) is 0 Å². The number of benzene rings is 1. The summed E-state index contributed by atoms with van der Waals surface area (Å²) in [6.07, 6.45) is 32.0. The summed E-state index contributed by atoms with van der Waals surface area (Å²) in [6, 6.07) is 2.81. The van der Waals surface area contributed by atoms with Gasteiger partial charge in [0.05, 0.1) is 29.5 Å². The zero-order valence-corrected chi connectivity index (χ0v) is 40.0. The highest BCUT2D eigenvalue weighted by Crippen LogP contribution is 2.41. The zero-order valence-electron chi connectivity index (χ0n) is 40.0. The number of carbonyl (C=O) groups excluding carboxylic acids is 1. The molecular formula is C51H86O13. The Morgan fingerprint density at radius 3 is 1.20 bits per heavy atom. The van der Waals surface area contributed by atoms with Crippen molar-refractivity contribution in [3.05, 3.63) is 34.9 Å². The van der Waals surface area contributed by atoms with E-state index < -0.39 is 71.0 Å². The monoisotopic (exact) mass is 907 g/mol. The van der Waals surface area contributed by atoms with Crippen LogP contribution in [-0.2, 0) is 19.1 Å². The highest BCUT2D eigenvalue weighted by Gasteiger charge is 2.46. The van der Waals surface area contributed by atoms with Gasteiger partial charge in [0.1, 0.15) is 5.60 Å². The first-order chi connectivity index (χ1) is 30.5. The van der Waals surface area contributed by atoms with Crippen molar-refractivity contribution >= 4 is 35.8 Å². The molecule has 13 heteroatoms. The van der Waals surface area contributed by atoms with Crippen LogP contribution in [0.2, 0.25) is 0 Å². The minimum absolute atomic E-state index is 0.159. The van der Waals surface area contributed by atoms with Gasteiger partial charge in [0.2, 0.25) is 0 Å². The van der Waals surface area contributed by atoms with Crippen molar-refractivity contribution in [3.63, 3.8) is 0 Å². The fourth-order valence-corrected chi connectivity index (χ4v) is 8.50. The summed E-state index contributed by atoms with van der Waals surface area (Å²) >= 11 is 0. The summed E-state index contributed by atoms with van der Waals surface area (Å²) in [4.78, 5) is 69.0. The number of rotatable bonds is 40. The maximum Gasteiger partial charge on any atom is 0.336 e. The zero-order chi connectivity index (χ0) is 48.2. The van der Waals surface area contributed by atoms with Gasteiger partial charge in [-0.05, 0) is 62.6 Å². The van der Waals surface area contributed by atoms with Gasteiger partial charge in [-0.15, -0.1) is 0 Å². The van der Waals surface area contributed by atoms with Gasteiger partial charge in [-0.3, -0.25) is 9.59 Å². The number of carbonyl (C=O) groups is 6. The number of hydrogen-bond acceptors (Lipinski definition) is 8. The molecule has 6 N–H and O–H groups in total. The molecule has 0 saturated carbocycles. The summed E-state index contributed by atoms with van der Waals surface area (Å²) in [5.41, 5.74) is -4.67. The van der Waals surface area contributed by atoms with E-state index in [4.69, 9.17) is 20.1 Å². The third-order valence-corrected chi connectivity index (χ3v) is 12.3. The molecule has 2 unspecified atom stereocenters. The summed E-state index contributed by atoms with van der Waals surface area (Å²) in [7, 11) is 0. The second-order valence-electron chi connectivity index (χ2n) is 17.9. The normalized spacial score (nSPS) is 12.7. The lowest BCUT2D eigenvalue weighted by molar-refractivity contribution is -0.184. The van der Waals surface area contributed by atoms with E-state index in [0.29, 0.717) is 0 Å². The topological polar surface area (TPSA) is 233 Å². The highest BCUT2D eigenvalue weighted by atomic mass is 16.6. The quantitative estimate of drug-likeness (QED) is 0.0266. The Kier molecular flexibility index (Phi) is 34.0. The number of esters is 1. The van der Waals surface area contributed by atoms with Gasteiger partial charge in [0.15, 0.2) is 5.60 Å².